The van der Waals surface area contributed by atoms with E-state index in [0.29, 0.717) is 6.42 Å². The van der Waals surface area contributed by atoms with Crippen molar-refractivity contribution in [2.75, 3.05) is 11.4 Å². The second-order valence-electron chi connectivity index (χ2n) is 4.28. The monoisotopic (exact) mass is 227 g/mol. The molecule has 2 heterocycles. The molecule has 0 fully saturated rings. The zero-order valence-corrected chi connectivity index (χ0v) is 9.34. The SMILES string of the molecule is NC(=O)CC1C=Cc2cccc3c2N1CC=N3. The Bertz CT molecular complexity index is 533. The number of nitrogens with two attached hydrogens (primary N) is 1. The molecule has 0 aliphatic carbocycles. The van der Waals surface area contributed by atoms with Gasteiger partial charge in [0, 0.05) is 6.21 Å². The third-order valence-corrected chi connectivity index (χ3v) is 3.15. The van der Waals surface area contributed by atoms with Crippen molar-refractivity contribution < 1.29 is 4.79 Å². The number of carbonyl (C=O) groups is 1. The molecule has 0 radical (unpaired) electrons. The molecule has 2 aliphatic rings. The van der Waals surface area contributed by atoms with Gasteiger partial charge in [0.15, 0.2) is 0 Å². The van der Waals surface area contributed by atoms with Crippen molar-refractivity contribution >= 4 is 29.6 Å². The van der Waals surface area contributed by atoms with Crippen molar-refractivity contribution in [3.63, 3.8) is 0 Å². The van der Waals surface area contributed by atoms with Crippen molar-refractivity contribution in [1.29, 1.82) is 0 Å². The molecule has 0 saturated heterocycles. The van der Waals surface area contributed by atoms with E-state index in [2.05, 4.69) is 16.0 Å². The molecule has 0 aromatic heterocycles. The fourth-order valence-electron chi connectivity index (χ4n) is 2.42. The van der Waals surface area contributed by atoms with Gasteiger partial charge in [0.1, 0.15) is 0 Å². The molecule has 1 aromatic carbocycles. The Labute approximate surface area is 99.4 Å². The minimum Gasteiger partial charge on any atom is -0.370 e. The van der Waals surface area contributed by atoms with Gasteiger partial charge in [-0.1, -0.05) is 24.3 Å². The number of hydrogen-bond donors (Lipinski definition) is 1. The number of carbonyl (C=O) groups excluding carboxylic acids is 1. The summed E-state index contributed by atoms with van der Waals surface area (Å²) in [4.78, 5) is 17.6. The molecule has 1 aromatic rings. The Morgan fingerprint density at radius 1 is 1.53 bits per heavy atom. The second-order valence-corrected chi connectivity index (χ2v) is 4.28. The minimum atomic E-state index is -0.275. The largest absolute Gasteiger partial charge is 0.370 e. The Morgan fingerprint density at radius 2 is 2.41 bits per heavy atom. The van der Waals surface area contributed by atoms with Gasteiger partial charge in [-0.2, -0.15) is 0 Å². The summed E-state index contributed by atoms with van der Waals surface area (Å²) >= 11 is 0. The standard InChI is InChI=1S/C13H13N3O/c14-12(17)8-10-5-4-9-2-1-3-11-13(9)16(10)7-6-15-11/h1-6,10H,7-8H2,(H2,14,17). The molecule has 2 aliphatic heterocycles. The minimum absolute atomic E-state index is 0.0490. The summed E-state index contributed by atoms with van der Waals surface area (Å²) in [7, 11) is 0. The highest BCUT2D eigenvalue weighted by Crippen LogP contribution is 2.39. The van der Waals surface area contributed by atoms with Crippen LogP contribution in [0.15, 0.2) is 29.3 Å². The number of aliphatic imine (C=N–C) groups is 1. The van der Waals surface area contributed by atoms with Gasteiger partial charge in [-0.3, -0.25) is 9.79 Å². The molecule has 2 N–H and O–H groups in total. The molecule has 1 unspecified atom stereocenters. The zero-order chi connectivity index (χ0) is 11.8. The first kappa shape index (κ1) is 10.1. The van der Waals surface area contributed by atoms with Crippen molar-refractivity contribution in [3.05, 3.63) is 29.8 Å². The van der Waals surface area contributed by atoms with Crippen molar-refractivity contribution in [2.45, 2.75) is 12.5 Å². The second kappa shape index (κ2) is 3.73. The fourth-order valence-corrected chi connectivity index (χ4v) is 2.42. The van der Waals surface area contributed by atoms with Crippen molar-refractivity contribution in [2.24, 2.45) is 10.7 Å². The van der Waals surface area contributed by atoms with Gasteiger partial charge in [0.05, 0.1) is 30.4 Å². The summed E-state index contributed by atoms with van der Waals surface area (Å²) in [6.07, 6.45) is 6.30. The lowest BCUT2D eigenvalue weighted by atomic mass is 9.98. The summed E-state index contributed by atoms with van der Waals surface area (Å²) in [5.41, 5.74) is 8.52. The van der Waals surface area contributed by atoms with Gasteiger partial charge in [-0.25, -0.2) is 0 Å². The smallest absolute Gasteiger partial charge is 0.219 e. The molecule has 4 nitrogen and oxygen atoms in total. The summed E-state index contributed by atoms with van der Waals surface area (Å²) in [6, 6.07) is 6.09. The predicted octanol–water partition coefficient (Wildman–Crippen LogP) is 1.48. The molecule has 0 saturated carbocycles. The Hall–Kier alpha value is -2.10. The van der Waals surface area contributed by atoms with Gasteiger partial charge in [0.2, 0.25) is 5.91 Å². The topological polar surface area (TPSA) is 58.7 Å². The molecular weight excluding hydrogens is 214 g/mol. The maximum Gasteiger partial charge on any atom is 0.219 e. The molecule has 4 heteroatoms. The number of benzene rings is 1. The van der Waals surface area contributed by atoms with Gasteiger partial charge >= 0.3 is 0 Å². The van der Waals surface area contributed by atoms with E-state index >= 15 is 0 Å². The van der Waals surface area contributed by atoms with E-state index in [0.717, 1.165) is 23.5 Å². The van der Waals surface area contributed by atoms with Crippen LogP contribution in [0.2, 0.25) is 0 Å². The summed E-state index contributed by atoms with van der Waals surface area (Å²) < 4.78 is 0. The highest BCUT2D eigenvalue weighted by molar-refractivity contribution is 5.90. The third kappa shape index (κ3) is 1.62. The van der Waals surface area contributed by atoms with Crippen LogP contribution in [-0.4, -0.2) is 24.7 Å². The Balaban J connectivity index is 2.06. The van der Waals surface area contributed by atoms with Crippen LogP contribution >= 0.6 is 0 Å². The number of nitrogens with zero attached hydrogens (tertiary/aromatic N) is 2. The van der Waals surface area contributed by atoms with Crippen LogP contribution < -0.4 is 10.6 Å². The molecule has 3 rings (SSSR count). The highest BCUT2D eigenvalue weighted by Gasteiger charge is 2.27. The van der Waals surface area contributed by atoms with Crippen LogP contribution in [0.4, 0.5) is 11.4 Å². The lowest BCUT2D eigenvalue weighted by Gasteiger charge is -2.36. The quantitative estimate of drug-likeness (QED) is 0.832. The number of rotatable bonds is 2. The van der Waals surface area contributed by atoms with Crippen LogP contribution in [-0.2, 0) is 4.79 Å². The van der Waals surface area contributed by atoms with E-state index in [1.807, 2.05) is 30.5 Å². The zero-order valence-electron chi connectivity index (χ0n) is 9.34. The van der Waals surface area contributed by atoms with E-state index in [9.17, 15) is 4.79 Å². The molecule has 17 heavy (non-hydrogen) atoms. The molecule has 1 atom stereocenters. The molecule has 0 bridgehead atoms. The first-order valence-electron chi connectivity index (χ1n) is 5.64. The number of hydrogen-bond acceptors (Lipinski definition) is 3. The average Bonchev–Trinajstić information content (AvgIpc) is 2.33. The molecule has 0 spiro atoms. The van der Waals surface area contributed by atoms with Gasteiger partial charge in [-0.05, 0) is 11.6 Å². The lowest BCUT2D eigenvalue weighted by Crippen LogP contribution is -2.41. The fraction of sp³-hybridized carbons (Fsp3) is 0.231. The van der Waals surface area contributed by atoms with Crippen LogP contribution in [0.3, 0.4) is 0 Å². The highest BCUT2D eigenvalue weighted by atomic mass is 16.1. The van der Waals surface area contributed by atoms with Gasteiger partial charge < -0.3 is 10.6 Å². The molecular formula is C13H13N3O. The lowest BCUT2D eigenvalue weighted by molar-refractivity contribution is -0.118. The van der Waals surface area contributed by atoms with Crippen molar-refractivity contribution in [3.8, 4) is 0 Å². The summed E-state index contributed by atoms with van der Waals surface area (Å²) in [6.45, 7) is 0.728. The van der Waals surface area contributed by atoms with Gasteiger partial charge in [-0.15, -0.1) is 0 Å². The molecule has 86 valence electrons. The Kier molecular flexibility index (Phi) is 2.21. The third-order valence-electron chi connectivity index (χ3n) is 3.15. The van der Waals surface area contributed by atoms with Crippen LogP contribution in [0.5, 0.6) is 0 Å². The van der Waals surface area contributed by atoms with Crippen LogP contribution in [0.1, 0.15) is 12.0 Å². The van der Waals surface area contributed by atoms with E-state index in [1.54, 1.807) is 0 Å². The summed E-state index contributed by atoms with van der Waals surface area (Å²) in [5, 5.41) is 0. The first-order chi connectivity index (χ1) is 8.25. The van der Waals surface area contributed by atoms with E-state index in [-0.39, 0.29) is 11.9 Å². The normalized spacial score (nSPS) is 20.2. The number of para-hydroxylation sites is 1. The van der Waals surface area contributed by atoms with E-state index in [1.165, 1.54) is 0 Å². The number of primary amides is 1. The summed E-state index contributed by atoms with van der Waals surface area (Å²) in [5.74, 6) is -0.275. The van der Waals surface area contributed by atoms with Crippen LogP contribution in [0, 0.1) is 0 Å². The average molecular weight is 227 g/mol. The maximum atomic E-state index is 11.1. The van der Waals surface area contributed by atoms with E-state index in [4.69, 9.17) is 5.73 Å². The first-order valence-corrected chi connectivity index (χ1v) is 5.64. The predicted molar refractivity (Wildman–Crippen MR) is 68.6 cm³/mol. The van der Waals surface area contributed by atoms with Crippen LogP contribution in [0.25, 0.3) is 6.08 Å². The van der Waals surface area contributed by atoms with Crippen molar-refractivity contribution in [1.82, 2.24) is 0 Å². The van der Waals surface area contributed by atoms with E-state index < -0.39 is 0 Å². The van der Waals surface area contributed by atoms with Gasteiger partial charge in [0.25, 0.3) is 0 Å². The maximum absolute atomic E-state index is 11.1. The number of amides is 1. The Morgan fingerprint density at radius 3 is 3.24 bits per heavy atom. The number of anilines is 1. The molecule has 1 amide bonds.